The molecule has 2 aromatic carbocycles. The van der Waals surface area contributed by atoms with Crippen molar-refractivity contribution in [1.82, 2.24) is 10.2 Å². The predicted molar refractivity (Wildman–Crippen MR) is 131 cm³/mol. The number of amides is 2. The summed E-state index contributed by atoms with van der Waals surface area (Å²) in [6.45, 7) is 3.73. The second-order valence-corrected chi connectivity index (χ2v) is 10.4. The number of para-hydroxylation sites is 1. The molecule has 2 rings (SSSR count). The number of carbonyl (C=O) groups excluding carboxylic acids is 2. The first-order chi connectivity index (χ1) is 15.1. The van der Waals surface area contributed by atoms with Crippen molar-refractivity contribution in [3.8, 4) is 0 Å². The zero-order valence-electron chi connectivity index (χ0n) is 18.2. The van der Waals surface area contributed by atoms with Crippen LogP contribution in [0.5, 0.6) is 0 Å². The Bertz CT molecular complexity index is 1050. The summed E-state index contributed by atoms with van der Waals surface area (Å²) in [7, 11) is -3.77. The Morgan fingerprint density at radius 3 is 2.25 bits per heavy atom. The lowest BCUT2D eigenvalue weighted by Gasteiger charge is -2.33. The monoisotopic (exact) mass is 543 g/mol. The Labute approximate surface area is 202 Å². The van der Waals surface area contributed by atoms with E-state index in [1.165, 1.54) is 4.90 Å². The lowest BCUT2D eigenvalue weighted by atomic mass is 10.1. The zero-order chi connectivity index (χ0) is 23.9. The van der Waals surface area contributed by atoms with Crippen molar-refractivity contribution in [2.24, 2.45) is 0 Å². The van der Waals surface area contributed by atoms with Crippen LogP contribution in [-0.4, -0.2) is 50.5 Å². The predicted octanol–water partition coefficient (Wildman–Crippen LogP) is 3.81. The molecule has 2 amide bonds. The summed E-state index contributed by atoms with van der Waals surface area (Å²) >= 11 is 9.33. The summed E-state index contributed by atoms with van der Waals surface area (Å²) in [4.78, 5) is 27.6. The summed E-state index contributed by atoms with van der Waals surface area (Å²) in [5.74, 6) is -0.775. The number of likely N-dealkylation sites (N-methyl/N-ethyl adjacent to an activating group) is 1. The average Bonchev–Trinajstić information content (AvgIpc) is 2.73. The molecule has 2 aromatic rings. The van der Waals surface area contributed by atoms with E-state index in [4.69, 9.17) is 11.6 Å². The van der Waals surface area contributed by atoms with Crippen molar-refractivity contribution in [1.29, 1.82) is 0 Å². The number of sulfonamides is 1. The molecule has 0 radical (unpaired) electrons. The van der Waals surface area contributed by atoms with Crippen LogP contribution in [-0.2, 0) is 26.2 Å². The first-order valence-electron chi connectivity index (χ1n) is 10.1. The van der Waals surface area contributed by atoms with Crippen LogP contribution in [0.1, 0.15) is 25.8 Å². The fraction of sp³-hybridized carbons (Fsp3) is 0.364. The number of hydrogen-bond acceptors (Lipinski definition) is 4. The third kappa shape index (κ3) is 6.95. The third-order valence-electron chi connectivity index (χ3n) is 4.80. The molecule has 0 saturated carbocycles. The van der Waals surface area contributed by atoms with Crippen molar-refractivity contribution in [2.45, 2.75) is 32.9 Å². The number of nitrogens with zero attached hydrogens (tertiary/aromatic N) is 2. The van der Waals surface area contributed by atoms with Gasteiger partial charge < -0.3 is 10.2 Å². The van der Waals surface area contributed by atoms with Gasteiger partial charge in [0.25, 0.3) is 0 Å². The normalized spacial score (nSPS) is 12.2. The van der Waals surface area contributed by atoms with Gasteiger partial charge in [0.2, 0.25) is 21.8 Å². The van der Waals surface area contributed by atoms with E-state index < -0.39 is 28.5 Å². The van der Waals surface area contributed by atoms with Crippen LogP contribution in [0, 0.1) is 0 Å². The van der Waals surface area contributed by atoms with Crippen LogP contribution in [0.4, 0.5) is 5.69 Å². The van der Waals surface area contributed by atoms with Gasteiger partial charge in [-0.1, -0.05) is 42.8 Å². The molecule has 0 spiro atoms. The third-order valence-corrected chi connectivity index (χ3v) is 6.85. The lowest BCUT2D eigenvalue weighted by molar-refractivity contribution is -0.140. The van der Waals surface area contributed by atoms with Crippen LogP contribution >= 0.6 is 27.5 Å². The SMILES string of the molecule is CCNC(=O)C(CC)N(Cc1ccc(Cl)cc1)C(=O)CN(c1ccccc1Br)S(C)(=O)=O. The number of carbonyl (C=O) groups is 2. The van der Waals surface area contributed by atoms with Crippen molar-refractivity contribution in [3.63, 3.8) is 0 Å². The maximum atomic E-state index is 13.5. The van der Waals surface area contributed by atoms with Gasteiger partial charge >= 0.3 is 0 Å². The van der Waals surface area contributed by atoms with E-state index in [9.17, 15) is 18.0 Å². The molecule has 32 heavy (non-hydrogen) atoms. The summed E-state index contributed by atoms with van der Waals surface area (Å²) in [6.07, 6.45) is 1.42. The van der Waals surface area contributed by atoms with Crippen molar-refractivity contribution < 1.29 is 18.0 Å². The minimum absolute atomic E-state index is 0.138. The number of benzene rings is 2. The Morgan fingerprint density at radius 1 is 1.09 bits per heavy atom. The number of rotatable bonds is 10. The number of anilines is 1. The molecule has 0 fully saturated rings. The Balaban J connectivity index is 2.43. The van der Waals surface area contributed by atoms with Crippen LogP contribution in [0.3, 0.4) is 0 Å². The second-order valence-electron chi connectivity index (χ2n) is 7.19. The highest BCUT2D eigenvalue weighted by Gasteiger charge is 2.31. The molecule has 0 aromatic heterocycles. The summed E-state index contributed by atoms with van der Waals surface area (Å²) in [6, 6.07) is 13.0. The fourth-order valence-corrected chi connectivity index (χ4v) is 4.85. The molecule has 0 heterocycles. The van der Waals surface area contributed by atoms with Gasteiger partial charge in [-0.2, -0.15) is 0 Å². The maximum Gasteiger partial charge on any atom is 0.244 e. The van der Waals surface area contributed by atoms with E-state index in [0.717, 1.165) is 16.1 Å². The van der Waals surface area contributed by atoms with Crippen LogP contribution in [0.2, 0.25) is 5.02 Å². The van der Waals surface area contributed by atoms with E-state index in [1.54, 1.807) is 55.5 Å². The fourth-order valence-electron chi connectivity index (χ4n) is 3.25. The zero-order valence-corrected chi connectivity index (χ0v) is 21.4. The number of nitrogens with one attached hydrogen (secondary N) is 1. The number of halogens is 2. The lowest BCUT2D eigenvalue weighted by Crippen LogP contribution is -2.52. The molecule has 0 aliphatic rings. The van der Waals surface area contributed by atoms with Gasteiger partial charge in [0, 0.05) is 22.6 Å². The molecule has 0 aliphatic carbocycles. The van der Waals surface area contributed by atoms with Crippen LogP contribution < -0.4 is 9.62 Å². The molecular formula is C22H27BrClN3O4S. The average molecular weight is 545 g/mol. The van der Waals surface area contributed by atoms with Gasteiger partial charge in [0.05, 0.1) is 11.9 Å². The van der Waals surface area contributed by atoms with Gasteiger partial charge in [0.15, 0.2) is 0 Å². The first kappa shape index (κ1) is 26.2. The van der Waals surface area contributed by atoms with Crippen LogP contribution in [0.15, 0.2) is 53.0 Å². The van der Waals surface area contributed by atoms with Gasteiger partial charge in [-0.25, -0.2) is 8.42 Å². The summed E-state index contributed by atoms with van der Waals surface area (Å²) < 4.78 is 26.7. The van der Waals surface area contributed by atoms with Gasteiger partial charge in [-0.05, 0) is 59.1 Å². The van der Waals surface area contributed by atoms with Gasteiger partial charge in [0.1, 0.15) is 12.6 Å². The van der Waals surface area contributed by atoms with Gasteiger partial charge in [-0.15, -0.1) is 0 Å². The molecule has 10 heteroatoms. The second kappa shape index (κ2) is 11.7. The minimum atomic E-state index is -3.77. The standard InChI is InChI=1S/C22H27BrClN3O4S/c1-4-19(22(29)25-5-2)26(14-16-10-12-17(24)13-11-16)21(28)15-27(32(3,30)31)20-9-7-6-8-18(20)23/h6-13,19H,4-5,14-15H2,1-3H3,(H,25,29). The molecule has 1 unspecified atom stereocenters. The molecular weight excluding hydrogens is 518 g/mol. The van der Waals surface area contributed by atoms with E-state index in [1.807, 2.05) is 6.92 Å². The highest BCUT2D eigenvalue weighted by Crippen LogP contribution is 2.28. The number of hydrogen-bond donors (Lipinski definition) is 1. The van der Waals surface area contributed by atoms with Crippen LogP contribution in [0.25, 0.3) is 0 Å². The maximum absolute atomic E-state index is 13.5. The van der Waals surface area contributed by atoms with E-state index in [0.29, 0.717) is 28.1 Å². The smallest absolute Gasteiger partial charge is 0.244 e. The van der Waals surface area contributed by atoms with E-state index in [2.05, 4.69) is 21.2 Å². The van der Waals surface area contributed by atoms with Crippen molar-refractivity contribution >= 4 is 55.1 Å². The summed E-state index contributed by atoms with van der Waals surface area (Å²) in [5, 5.41) is 3.31. The summed E-state index contributed by atoms with van der Waals surface area (Å²) in [5.41, 5.74) is 1.12. The van der Waals surface area contributed by atoms with Crippen molar-refractivity contribution in [3.05, 3.63) is 63.6 Å². The molecule has 7 nitrogen and oxygen atoms in total. The van der Waals surface area contributed by atoms with E-state index in [-0.39, 0.29) is 12.5 Å². The molecule has 0 aliphatic heterocycles. The molecule has 1 N–H and O–H groups in total. The Hall–Kier alpha value is -2.10. The quantitative estimate of drug-likeness (QED) is 0.493. The molecule has 0 bridgehead atoms. The highest BCUT2D eigenvalue weighted by molar-refractivity contribution is 9.10. The molecule has 1 atom stereocenters. The highest BCUT2D eigenvalue weighted by atomic mass is 79.9. The Morgan fingerprint density at radius 2 is 1.72 bits per heavy atom. The Kier molecular flexibility index (Phi) is 9.54. The minimum Gasteiger partial charge on any atom is -0.355 e. The van der Waals surface area contributed by atoms with Gasteiger partial charge in [-0.3, -0.25) is 13.9 Å². The molecule has 0 saturated heterocycles. The van der Waals surface area contributed by atoms with E-state index >= 15 is 0 Å². The largest absolute Gasteiger partial charge is 0.355 e. The topological polar surface area (TPSA) is 86.8 Å². The first-order valence-corrected chi connectivity index (χ1v) is 13.1. The molecule has 174 valence electrons. The van der Waals surface area contributed by atoms with Crippen molar-refractivity contribution in [2.75, 3.05) is 23.7 Å².